The van der Waals surface area contributed by atoms with Gasteiger partial charge in [0.2, 0.25) is 23.6 Å². The van der Waals surface area contributed by atoms with Gasteiger partial charge in [-0.2, -0.15) is 0 Å². The van der Waals surface area contributed by atoms with Crippen LogP contribution in [0.25, 0.3) is 0 Å². The first-order valence-corrected chi connectivity index (χ1v) is 12.5. The maximum absolute atomic E-state index is 13.9. The summed E-state index contributed by atoms with van der Waals surface area (Å²) in [5.74, 6) is -5.93. The van der Waals surface area contributed by atoms with E-state index in [9.17, 15) is 24.0 Å². The molecule has 8 atom stereocenters. The summed E-state index contributed by atoms with van der Waals surface area (Å²) in [7, 11) is 0. The van der Waals surface area contributed by atoms with Gasteiger partial charge >= 0.3 is 0 Å². The first-order chi connectivity index (χ1) is 17.4. The van der Waals surface area contributed by atoms with Gasteiger partial charge in [-0.15, -0.1) is 0 Å². The van der Waals surface area contributed by atoms with E-state index in [-0.39, 0.29) is 41.8 Å². The molecular formula is C29H24N2O5. The van der Waals surface area contributed by atoms with Crippen molar-refractivity contribution in [2.75, 3.05) is 9.80 Å². The predicted octanol–water partition coefficient (Wildman–Crippen LogP) is 3.01. The van der Waals surface area contributed by atoms with Crippen molar-refractivity contribution in [3.8, 4) is 0 Å². The van der Waals surface area contributed by atoms with E-state index in [1.165, 1.54) is 9.80 Å². The van der Waals surface area contributed by atoms with Crippen molar-refractivity contribution in [1.82, 2.24) is 0 Å². The smallest absolute Gasteiger partial charge is 0.238 e. The van der Waals surface area contributed by atoms with Crippen LogP contribution in [0.3, 0.4) is 0 Å². The third-order valence-corrected chi connectivity index (χ3v) is 9.05. The monoisotopic (exact) mass is 480 g/mol. The summed E-state index contributed by atoms with van der Waals surface area (Å²) in [4.78, 5) is 70.7. The predicted molar refractivity (Wildman–Crippen MR) is 129 cm³/mol. The molecule has 0 radical (unpaired) electrons. The van der Waals surface area contributed by atoms with Gasteiger partial charge < -0.3 is 0 Å². The number of fused-ring (bicyclic) bond motifs is 2. The van der Waals surface area contributed by atoms with Crippen LogP contribution in [0, 0.1) is 47.3 Å². The Morgan fingerprint density at radius 2 is 1.06 bits per heavy atom. The molecule has 7 heteroatoms. The molecule has 0 N–H and O–H groups in total. The Hall–Kier alpha value is -3.87. The van der Waals surface area contributed by atoms with Crippen LogP contribution in [-0.4, -0.2) is 29.4 Å². The Labute approximate surface area is 207 Å². The molecule has 2 aromatic rings. The SMILES string of the molecule is CC1C=C2C3CC(=O)[C@H](C4C(=O)N(c5ccccc5)C(=O)C34)[C@H]2C2C(=O)N(c3ccccc3)C(=O)C12. The topological polar surface area (TPSA) is 91.8 Å². The Bertz CT molecular complexity index is 1380. The Morgan fingerprint density at radius 3 is 1.61 bits per heavy atom. The highest BCUT2D eigenvalue weighted by atomic mass is 16.2. The lowest BCUT2D eigenvalue weighted by molar-refractivity contribution is -0.148. The number of allylic oxidation sites excluding steroid dienone is 2. The number of nitrogens with zero attached hydrogens (tertiary/aromatic N) is 2. The second-order valence-electron chi connectivity index (χ2n) is 10.7. The Kier molecular flexibility index (Phi) is 4.36. The second-order valence-corrected chi connectivity index (χ2v) is 10.7. The van der Waals surface area contributed by atoms with E-state index in [1.54, 1.807) is 48.5 Å². The molecule has 2 saturated heterocycles. The number of amides is 4. The first-order valence-electron chi connectivity index (χ1n) is 12.5. The van der Waals surface area contributed by atoms with Gasteiger partial charge in [0.25, 0.3) is 0 Å². The highest BCUT2D eigenvalue weighted by Crippen LogP contribution is 2.63. The number of carbonyl (C=O) groups is 5. The van der Waals surface area contributed by atoms with Gasteiger partial charge in [-0.3, -0.25) is 33.8 Å². The molecular weight excluding hydrogens is 456 g/mol. The van der Waals surface area contributed by atoms with Crippen molar-refractivity contribution < 1.29 is 24.0 Å². The van der Waals surface area contributed by atoms with E-state index in [0.29, 0.717) is 11.4 Å². The molecule has 2 aliphatic heterocycles. The van der Waals surface area contributed by atoms with Crippen molar-refractivity contribution in [3.63, 3.8) is 0 Å². The number of rotatable bonds is 2. The molecule has 2 bridgehead atoms. The normalized spacial score (nSPS) is 36.7. The third-order valence-electron chi connectivity index (χ3n) is 9.05. The minimum atomic E-state index is -0.797. The summed E-state index contributed by atoms with van der Waals surface area (Å²) in [5, 5.41) is 0. The van der Waals surface area contributed by atoms with Crippen LogP contribution in [-0.2, 0) is 24.0 Å². The number of Topliss-reactive ketones (excluding diaryl/α,β-unsaturated/α-hetero) is 1. The number of benzene rings is 2. The van der Waals surface area contributed by atoms with Gasteiger partial charge in [0.15, 0.2) is 0 Å². The van der Waals surface area contributed by atoms with E-state index in [0.717, 1.165) is 5.57 Å². The van der Waals surface area contributed by atoms with Crippen LogP contribution in [0.4, 0.5) is 11.4 Å². The number of hydrogen-bond acceptors (Lipinski definition) is 5. The average molecular weight is 481 g/mol. The molecule has 0 spiro atoms. The molecule has 180 valence electrons. The fourth-order valence-corrected chi connectivity index (χ4v) is 7.78. The van der Waals surface area contributed by atoms with E-state index in [2.05, 4.69) is 0 Å². The van der Waals surface area contributed by atoms with Gasteiger partial charge in [0.05, 0.1) is 35.0 Å². The minimum absolute atomic E-state index is 0.0776. The zero-order valence-corrected chi connectivity index (χ0v) is 19.6. The molecule has 2 heterocycles. The Morgan fingerprint density at radius 1 is 0.583 bits per heavy atom. The van der Waals surface area contributed by atoms with Crippen LogP contribution in [0.5, 0.6) is 0 Å². The molecule has 3 saturated carbocycles. The van der Waals surface area contributed by atoms with Crippen LogP contribution in [0.1, 0.15) is 13.3 Å². The summed E-state index contributed by atoms with van der Waals surface area (Å²) >= 11 is 0. The molecule has 8 rings (SSSR count). The highest BCUT2D eigenvalue weighted by molar-refractivity contribution is 6.25. The number of anilines is 2. The summed E-state index contributed by atoms with van der Waals surface area (Å²) in [6, 6.07) is 17.7. The minimum Gasteiger partial charge on any atom is -0.299 e. The molecule has 6 unspecified atom stereocenters. The highest BCUT2D eigenvalue weighted by Gasteiger charge is 2.70. The van der Waals surface area contributed by atoms with Gasteiger partial charge in [-0.25, -0.2) is 0 Å². The van der Waals surface area contributed by atoms with Gasteiger partial charge in [0.1, 0.15) is 5.78 Å². The molecule has 5 fully saturated rings. The molecule has 0 aromatic heterocycles. The van der Waals surface area contributed by atoms with Gasteiger partial charge in [0, 0.05) is 18.3 Å². The number of hydrogen-bond donors (Lipinski definition) is 0. The quantitative estimate of drug-likeness (QED) is 0.487. The van der Waals surface area contributed by atoms with E-state index < -0.39 is 41.4 Å². The number of carbonyl (C=O) groups excluding carboxylic acids is 5. The third kappa shape index (κ3) is 2.55. The van der Waals surface area contributed by atoms with Crippen LogP contribution >= 0.6 is 0 Å². The van der Waals surface area contributed by atoms with E-state index in [1.807, 2.05) is 25.1 Å². The molecule has 4 aliphatic carbocycles. The summed E-state index contributed by atoms with van der Waals surface area (Å²) in [5.41, 5.74) is 1.93. The maximum atomic E-state index is 13.9. The fourth-order valence-electron chi connectivity index (χ4n) is 7.78. The van der Waals surface area contributed by atoms with Crippen LogP contribution in [0.2, 0.25) is 0 Å². The average Bonchev–Trinajstić information content (AvgIpc) is 3.31. The lowest BCUT2D eigenvalue weighted by atomic mass is 9.47. The van der Waals surface area contributed by atoms with Crippen LogP contribution in [0.15, 0.2) is 72.3 Å². The second kappa shape index (κ2) is 7.32. The molecule has 4 amide bonds. The van der Waals surface area contributed by atoms with Crippen molar-refractivity contribution in [2.24, 2.45) is 47.3 Å². The van der Waals surface area contributed by atoms with Gasteiger partial charge in [-0.1, -0.05) is 55.0 Å². The lowest BCUT2D eigenvalue weighted by Crippen LogP contribution is -2.57. The Balaban J connectivity index is 1.34. The van der Waals surface area contributed by atoms with Crippen molar-refractivity contribution in [3.05, 3.63) is 72.3 Å². The molecule has 36 heavy (non-hydrogen) atoms. The zero-order valence-electron chi connectivity index (χ0n) is 19.6. The zero-order chi connectivity index (χ0) is 24.9. The first kappa shape index (κ1) is 21.4. The van der Waals surface area contributed by atoms with E-state index in [4.69, 9.17) is 0 Å². The molecule has 6 aliphatic rings. The van der Waals surface area contributed by atoms with Crippen LogP contribution < -0.4 is 9.80 Å². The van der Waals surface area contributed by atoms with E-state index >= 15 is 0 Å². The van der Waals surface area contributed by atoms with Crippen molar-refractivity contribution in [1.29, 1.82) is 0 Å². The van der Waals surface area contributed by atoms with Crippen molar-refractivity contribution >= 4 is 40.8 Å². The summed E-state index contributed by atoms with van der Waals surface area (Å²) in [6.07, 6.45) is 2.22. The largest absolute Gasteiger partial charge is 0.299 e. The van der Waals surface area contributed by atoms with Gasteiger partial charge in [-0.05, 0) is 36.1 Å². The van der Waals surface area contributed by atoms with Crippen molar-refractivity contribution in [2.45, 2.75) is 13.3 Å². The maximum Gasteiger partial charge on any atom is 0.238 e. The summed E-state index contributed by atoms with van der Waals surface area (Å²) < 4.78 is 0. The standard InChI is InChI=1S/C29H24N2O5/c1-14-12-17-18-13-19(32)23(25-22(18)27(34)31(29(25)36)16-10-6-3-7-11-16)21(17)24-20(14)26(33)30(28(24)35)15-8-4-2-5-9-15/h2-12,14,18,20-25H,13H2,1H3/t14?,18?,20?,21-,22?,23-,24?,25?/m0/s1. The lowest BCUT2D eigenvalue weighted by Gasteiger charge is -2.53. The molecule has 2 aromatic carbocycles. The molecule has 7 nitrogen and oxygen atoms in total. The number of imide groups is 2. The number of ketones is 1. The fraction of sp³-hybridized carbons (Fsp3) is 0.345. The number of para-hydroxylation sites is 2. The summed E-state index contributed by atoms with van der Waals surface area (Å²) in [6.45, 7) is 1.93.